The lowest BCUT2D eigenvalue weighted by Crippen LogP contribution is -2.44. The summed E-state index contributed by atoms with van der Waals surface area (Å²) in [4.78, 5) is 23.8. The van der Waals surface area contributed by atoms with Crippen LogP contribution in [-0.2, 0) is 13.0 Å². The van der Waals surface area contributed by atoms with Crippen LogP contribution < -0.4 is 10.9 Å². The molecule has 136 valence electrons. The van der Waals surface area contributed by atoms with Gasteiger partial charge in [0.1, 0.15) is 0 Å². The third kappa shape index (κ3) is 3.13. The summed E-state index contributed by atoms with van der Waals surface area (Å²) < 4.78 is 6.98. The maximum Gasteiger partial charge on any atom is 0.261 e. The van der Waals surface area contributed by atoms with Crippen molar-refractivity contribution in [2.24, 2.45) is 0 Å². The summed E-state index contributed by atoms with van der Waals surface area (Å²) in [5.74, 6) is 1.23. The summed E-state index contributed by atoms with van der Waals surface area (Å²) in [6.07, 6.45) is 2.09. The molecule has 8 nitrogen and oxygen atoms in total. The van der Waals surface area contributed by atoms with Gasteiger partial charge in [-0.25, -0.2) is 4.98 Å². The summed E-state index contributed by atoms with van der Waals surface area (Å²) in [5, 5.41) is 8.09. The monoisotopic (exact) mass is 354 g/mol. The zero-order chi connectivity index (χ0) is 18.1. The van der Waals surface area contributed by atoms with E-state index < -0.39 is 0 Å². The molecule has 1 aliphatic rings. The van der Waals surface area contributed by atoms with Gasteiger partial charge in [-0.15, -0.1) is 0 Å². The Kier molecular flexibility index (Phi) is 4.52. The Morgan fingerprint density at radius 1 is 1.38 bits per heavy atom. The van der Waals surface area contributed by atoms with Crippen molar-refractivity contribution < 1.29 is 4.52 Å². The number of likely N-dealkylation sites (N-methyl/N-ethyl adjacent to an activating group) is 1. The van der Waals surface area contributed by atoms with E-state index in [1.807, 2.05) is 25.1 Å². The Morgan fingerprint density at radius 3 is 3.12 bits per heavy atom. The zero-order valence-electron chi connectivity index (χ0n) is 15.0. The normalized spacial score (nSPS) is 18.5. The average Bonchev–Trinajstić information content (AvgIpc) is 3.11. The van der Waals surface area contributed by atoms with Gasteiger partial charge in [-0.05, 0) is 25.6 Å². The second-order valence-corrected chi connectivity index (χ2v) is 6.71. The fourth-order valence-electron chi connectivity index (χ4n) is 3.31. The summed E-state index contributed by atoms with van der Waals surface area (Å²) in [6, 6.07) is 5.76. The first-order valence-electron chi connectivity index (χ1n) is 8.81. The second-order valence-electron chi connectivity index (χ2n) is 6.71. The van der Waals surface area contributed by atoms with Gasteiger partial charge >= 0.3 is 0 Å². The predicted molar refractivity (Wildman–Crippen MR) is 97.0 cm³/mol. The predicted octanol–water partition coefficient (Wildman–Crippen LogP) is 0.907. The van der Waals surface area contributed by atoms with Gasteiger partial charge in [0.25, 0.3) is 5.56 Å². The molecule has 8 heteroatoms. The van der Waals surface area contributed by atoms with Crippen LogP contribution in [0.1, 0.15) is 23.3 Å². The van der Waals surface area contributed by atoms with E-state index >= 15 is 0 Å². The van der Waals surface area contributed by atoms with E-state index in [9.17, 15) is 4.79 Å². The summed E-state index contributed by atoms with van der Waals surface area (Å²) in [7, 11) is 2.06. The van der Waals surface area contributed by atoms with Crippen molar-refractivity contribution in [1.82, 2.24) is 29.9 Å². The number of aromatic nitrogens is 4. The van der Waals surface area contributed by atoms with Crippen molar-refractivity contribution in [2.75, 3.05) is 26.7 Å². The molecule has 1 aliphatic heterocycles. The van der Waals surface area contributed by atoms with Crippen molar-refractivity contribution in [1.29, 1.82) is 0 Å². The van der Waals surface area contributed by atoms with E-state index in [0.717, 1.165) is 30.7 Å². The number of piperazine rings is 1. The zero-order valence-corrected chi connectivity index (χ0v) is 15.0. The van der Waals surface area contributed by atoms with Crippen LogP contribution in [0.5, 0.6) is 0 Å². The van der Waals surface area contributed by atoms with Crippen LogP contribution >= 0.6 is 0 Å². The molecule has 1 fully saturated rings. The van der Waals surface area contributed by atoms with Gasteiger partial charge in [-0.2, -0.15) is 4.98 Å². The summed E-state index contributed by atoms with van der Waals surface area (Å²) >= 11 is 0. The highest BCUT2D eigenvalue weighted by Crippen LogP contribution is 2.18. The Bertz CT molecular complexity index is 979. The van der Waals surface area contributed by atoms with Gasteiger partial charge in [0, 0.05) is 32.6 Å². The average molecular weight is 354 g/mol. The molecular formula is C18H22N6O2. The van der Waals surface area contributed by atoms with E-state index in [0.29, 0.717) is 30.1 Å². The molecule has 2 aromatic heterocycles. The molecule has 4 rings (SSSR count). The minimum atomic E-state index is -0.0466. The molecule has 1 N–H and O–H groups in total. The SMILES string of the molecule is Cc1cccc2c(=O)n(CCc3nc(C4CNCCN4C)no3)cnc12. The minimum Gasteiger partial charge on any atom is -0.339 e. The van der Waals surface area contributed by atoms with Gasteiger partial charge in [-0.1, -0.05) is 17.3 Å². The van der Waals surface area contributed by atoms with Gasteiger partial charge in [0.05, 0.1) is 23.3 Å². The number of benzene rings is 1. The van der Waals surface area contributed by atoms with Crippen LogP contribution in [0.3, 0.4) is 0 Å². The lowest BCUT2D eigenvalue weighted by atomic mass is 10.1. The third-order valence-corrected chi connectivity index (χ3v) is 4.91. The van der Waals surface area contributed by atoms with Crippen molar-refractivity contribution in [3.8, 4) is 0 Å². The van der Waals surface area contributed by atoms with Gasteiger partial charge in [-0.3, -0.25) is 14.3 Å². The molecule has 26 heavy (non-hydrogen) atoms. The van der Waals surface area contributed by atoms with Crippen LogP contribution in [0.2, 0.25) is 0 Å². The molecule has 1 atom stereocenters. The lowest BCUT2D eigenvalue weighted by Gasteiger charge is -2.30. The second kappa shape index (κ2) is 6.97. The maximum atomic E-state index is 12.6. The maximum absolute atomic E-state index is 12.6. The molecule has 1 unspecified atom stereocenters. The number of nitrogens with zero attached hydrogens (tertiary/aromatic N) is 5. The highest BCUT2D eigenvalue weighted by atomic mass is 16.5. The van der Waals surface area contributed by atoms with Crippen LogP contribution in [0, 0.1) is 6.92 Å². The van der Waals surface area contributed by atoms with Crippen molar-refractivity contribution in [3.05, 3.63) is 52.2 Å². The number of para-hydroxylation sites is 1. The summed E-state index contributed by atoms with van der Waals surface area (Å²) in [5.41, 5.74) is 1.70. The topological polar surface area (TPSA) is 89.1 Å². The largest absolute Gasteiger partial charge is 0.339 e. The molecule has 3 heterocycles. The molecule has 0 amide bonds. The highest BCUT2D eigenvalue weighted by molar-refractivity contribution is 5.80. The molecule has 0 saturated carbocycles. The quantitative estimate of drug-likeness (QED) is 0.745. The van der Waals surface area contributed by atoms with Gasteiger partial charge in [0.15, 0.2) is 5.82 Å². The number of hydrogen-bond donors (Lipinski definition) is 1. The summed E-state index contributed by atoms with van der Waals surface area (Å²) in [6.45, 7) is 5.14. The van der Waals surface area contributed by atoms with E-state index in [4.69, 9.17) is 4.52 Å². The number of hydrogen-bond acceptors (Lipinski definition) is 7. The van der Waals surface area contributed by atoms with E-state index in [1.54, 1.807) is 10.9 Å². The fourth-order valence-corrected chi connectivity index (χ4v) is 3.31. The number of fused-ring (bicyclic) bond motifs is 1. The highest BCUT2D eigenvalue weighted by Gasteiger charge is 2.25. The Labute approximate surface area is 150 Å². The Balaban J connectivity index is 1.50. The van der Waals surface area contributed by atoms with Crippen molar-refractivity contribution >= 4 is 10.9 Å². The standard InChI is InChI=1S/C18H22N6O2/c1-12-4-3-5-13-16(12)20-11-24(18(13)25)8-6-15-21-17(22-26-15)14-10-19-7-9-23(14)2/h3-5,11,14,19H,6-10H2,1-2H3. The molecule has 1 saturated heterocycles. The van der Waals surface area contributed by atoms with E-state index in [-0.39, 0.29) is 11.6 Å². The van der Waals surface area contributed by atoms with Crippen LogP contribution in [0.4, 0.5) is 0 Å². The molecule has 0 aliphatic carbocycles. The van der Waals surface area contributed by atoms with Gasteiger partial charge in [0.2, 0.25) is 5.89 Å². The first-order chi connectivity index (χ1) is 12.6. The van der Waals surface area contributed by atoms with Crippen LogP contribution in [0.15, 0.2) is 33.8 Å². The Morgan fingerprint density at radius 2 is 2.27 bits per heavy atom. The van der Waals surface area contributed by atoms with E-state index in [2.05, 4.69) is 32.4 Å². The van der Waals surface area contributed by atoms with Crippen LogP contribution in [-0.4, -0.2) is 51.3 Å². The fraction of sp³-hybridized carbons (Fsp3) is 0.444. The lowest BCUT2D eigenvalue weighted by molar-refractivity contribution is 0.190. The van der Waals surface area contributed by atoms with Crippen LogP contribution in [0.25, 0.3) is 10.9 Å². The molecule has 0 bridgehead atoms. The molecule has 1 aromatic carbocycles. The molecule has 0 spiro atoms. The molecule has 0 radical (unpaired) electrons. The number of aryl methyl sites for hydroxylation is 3. The van der Waals surface area contributed by atoms with Gasteiger partial charge < -0.3 is 9.84 Å². The first kappa shape index (κ1) is 16.9. The molecular weight excluding hydrogens is 332 g/mol. The number of rotatable bonds is 4. The van der Waals surface area contributed by atoms with Crippen molar-refractivity contribution in [2.45, 2.75) is 25.9 Å². The third-order valence-electron chi connectivity index (χ3n) is 4.91. The number of nitrogens with one attached hydrogen (secondary N) is 1. The van der Waals surface area contributed by atoms with Crippen molar-refractivity contribution in [3.63, 3.8) is 0 Å². The smallest absolute Gasteiger partial charge is 0.261 e. The minimum absolute atomic E-state index is 0.0466. The Hall–Kier alpha value is -2.58. The molecule has 3 aromatic rings. The van der Waals surface area contributed by atoms with E-state index in [1.165, 1.54) is 0 Å². The first-order valence-corrected chi connectivity index (χ1v) is 8.81.